The van der Waals surface area contributed by atoms with Crippen molar-refractivity contribution in [1.82, 2.24) is 15.5 Å². The summed E-state index contributed by atoms with van der Waals surface area (Å²) in [6.45, 7) is 6.34. The van der Waals surface area contributed by atoms with Gasteiger partial charge in [0.15, 0.2) is 0 Å². The molecule has 0 bridgehead atoms. The molecule has 0 saturated carbocycles. The molecule has 7 nitrogen and oxygen atoms in total. The second-order valence-corrected chi connectivity index (χ2v) is 12.0. The molecule has 0 aliphatic carbocycles. The number of methoxy groups -OCH3 is 1. The van der Waals surface area contributed by atoms with Crippen molar-refractivity contribution >= 4 is 23.6 Å². The number of halogens is 1. The Morgan fingerprint density at radius 3 is 2.59 bits per heavy atom. The van der Waals surface area contributed by atoms with Crippen molar-refractivity contribution in [3.05, 3.63) is 93.5 Å². The maximum atomic E-state index is 14.0. The van der Waals surface area contributed by atoms with Crippen LogP contribution in [0.5, 0.6) is 0 Å². The Balaban J connectivity index is 1.71. The van der Waals surface area contributed by atoms with Gasteiger partial charge >= 0.3 is 6.09 Å². The molecule has 3 N–H and O–H groups in total. The van der Waals surface area contributed by atoms with Crippen molar-refractivity contribution in [3.63, 3.8) is 0 Å². The van der Waals surface area contributed by atoms with Gasteiger partial charge in [-0.1, -0.05) is 74.0 Å². The number of hydrogen-bond donors (Lipinski definition) is 3. The third-order valence-corrected chi connectivity index (χ3v) is 9.15. The van der Waals surface area contributed by atoms with Crippen molar-refractivity contribution in [2.75, 3.05) is 33.8 Å². The number of carbonyl (C=O) groups is 2. The summed E-state index contributed by atoms with van der Waals surface area (Å²) in [6, 6.07) is 20.0. The first-order chi connectivity index (χ1) is 21.2. The zero-order valence-electron chi connectivity index (χ0n) is 26.4. The summed E-state index contributed by atoms with van der Waals surface area (Å²) in [5.41, 5.74) is 5.29. The molecule has 1 saturated heterocycles. The first kappa shape index (κ1) is 33.5. The number of likely N-dealkylation sites (tertiary alicyclic amines) is 1. The zero-order valence-corrected chi connectivity index (χ0v) is 27.2. The molecule has 1 fully saturated rings. The summed E-state index contributed by atoms with van der Waals surface area (Å²) in [5, 5.41) is 19.3. The van der Waals surface area contributed by atoms with Gasteiger partial charge in [0, 0.05) is 48.2 Å². The average Bonchev–Trinajstić information content (AvgIpc) is 3.06. The Morgan fingerprint density at radius 1 is 1.07 bits per heavy atom. The van der Waals surface area contributed by atoms with Crippen LogP contribution in [0.15, 0.2) is 60.7 Å². The van der Waals surface area contributed by atoms with Gasteiger partial charge in [0.1, 0.15) is 0 Å². The molecule has 44 heavy (non-hydrogen) atoms. The number of piperidine rings is 1. The van der Waals surface area contributed by atoms with Gasteiger partial charge in [-0.15, -0.1) is 0 Å². The lowest BCUT2D eigenvalue weighted by atomic mass is 9.72. The predicted octanol–water partition coefficient (Wildman–Crippen LogP) is 6.73. The van der Waals surface area contributed by atoms with Crippen LogP contribution in [-0.2, 0) is 29.7 Å². The van der Waals surface area contributed by atoms with Gasteiger partial charge in [-0.05, 0) is 85.5 Å². The maximum Gasteiger partial charge on any atom is 0.406 e. The van der Waals surface area contributed by atoms with E-state index in [0.717, 1.165) is 65.6 Å². The lowest BCUT2D eigenvalue weighted by Crippen LogP contribution is -2.48. The van der Waals surface area contributed by atoms with E-state index in [2.05, 4.69) is 42.7 Å². The van der Waals surface area contributed by atoms with Crippen LogP contribution < -0.4 is 10.6 Å². The number of alkyl carbamates (subject to hydrolysis) is 1. The normalized spacial score (nSPS) is 16.3. The highest BCUT2D eigenvalue weighted by atomic mass is 35.5. The van der Waals surface area contributed by atoms with E-state index in [0.29, 0.717) is 37.5 Å². The summed E-state index contributed by atoms with van der Waals surface area (Å²) in [5.74, 6) is -0.238. The summed E-state index contributed by atoms with van der Waals surface area (Å²) in [7, 11) is 3.25. The minimum Gasteiger partial charge on any atom is -0.453 e. The first-order valence-electron chi connectivity index (χ1n) is 15.7. The molecular weight excluding hydrogens is 574 g/mol. The SMILES string of the molecule is CCc1cccc(-c2c(Cl)cccc2C(O)(CCCNC(=O)OC)C2CCCN(C(=O)c3ccc(CNC)cc3CC)C2)c1. The van der Waals surface area contributed by atoms with E-state index in [1.165, 1.54) is 12.7 Å². The van der Waals surface area contributed by atoms with Gasteiger partial charge in [0.2, 0.25) is 0 Å². The Morgan fingerprint density at radius 2 is 1.86 bits per heavy atom. The number of benzene rings is 3. The molecule has 1 aliphatic rings. The number of nitrogens with zero attached hydrogens (tertiary/aromatic N) is 1. The Labute approximate surface area is 267 Å². The predicted molar refractivity (Wildman–Crippen MR) is 177 cm³/mol. The molecule has 0 radical (unpaired) electrons. The molecule has 1 heterocycles. The minimum atomic E-state index is -1.30. The average molecular weight is 620 g/mol. The van der Waals surface area contributed by atoms with E-state index >= 15 is 0 Å². The van der Waals surface area contributed by atoms with Crippen molar-refractivity contribution < 1.29 is 19.4 Å². The van der Waals surface area contributed by atoms with Crippen molar-refractivity contribution in [3.8, 4) is 11.1 Å². The molecule has 0 aromatic heterocycles. The summed E-state index contributed by atoms with van der Waals surface area (Å²) in [6.07, 6.45) is 3.57. The van der Waals surface area contributed by atoms with Crippen LogP contribution in [0.2, 0.25) is 5.02 Å². The molecule has 4 rings (SSSR count). The number of nitrogens with one attached hydrogen (secondary N) is 2. The van der Waals surface area contributed by atoms with Crippen LogP contribution >= 0.6 is 11.6 Å². The number of hydrogen-bond acceptors (Lipinski definition) is 5. The first-order valence-corrected chi connectivity index (χ1v) is 16.1. The third kappa shape index (κ3) is 7.63. The largest absolute Gasteiger partial charge is 0.453 e. The quantitative estimate of drug-likeness (QED) is 0.196. The van der Waals surface area contributed by atoms with Crippen LogP contribution in [0.3, 0.4) is 0 Å². The standard InChI is InChI=1S/C36H46ClN3O4/c1-5-25-11-7-12-28(21-25)33-31(14-8-15-32(33)37)36(43,18-10-19-39-35(42)44-4)29-13-9-20-40(24-29)34(41)30-17-16-26(23-38-3)22-27(30)6-2/h7-8,11-12,14-17,21-22,29,38,43H,5-6,9-10,13,18-20,23-24H2,1-4H3,(H,39,42). The van der Waals surface area contributed by atoms with E-state index in [1.54, 1.807) is 0 Å². The van der Waals surface area contributed by atoms with Crippen molar-refractivity contribution in [2.24, 2.45) is 5.92 Å². The van der Waals surface area contributed by atoms with E-state index < -0.39 is 11.7 Å². The van der Waals surface area contributed by atoms with Gasteiger partial charge in [-0.2, -0.15) is 0 Å². The third-order valence-electron chi connectivity index (χ3n) is 8.84. The Hall–Kier alpha value is -3.39. The molecule has 8 heteroatoms. The van der Waals surface area contributed by atoms with E-state index in [4.69, 9.17) is 16.3 Å². The lowest BCUT2D eigenvalue weighted by molar-refractivity contribution is -0.0563. The fraction of sp³-hybridized carbons (Fsp3) is 0.444. The second-order valence-electron chi connectivity index (χ2n) is 11.6. The van der Waals surface area contributed by atoms with E-state index in [1.807, 2.05) is 54.4 Å². The minimum absolute atomic E-state index is 0.000713. The molecular formula is C36H46ClN3O4. The molecule has 0 spiro atoms. The molecule has 2 atom stereocenters. The number of carbonyl (C=O) groups excluding carboxylic acids is 2. The van der Waals surface area contributed by atoms with Crippen LogP contribution in [-0.4, -0.2) is 55.8 Å². The second kappa shape index (κ2) is 15.6. The van der Waals surface area contributed by atoms with Gasteiger partial charge in [0.25, 0.3) is 5.91 Å². The van der Waals surface area contributed by atoms with Gasteiger partial charge in [-0.3, -0.25) is 4.79 Å². The van der Waals surface area contributed by atoms with Crippen molar-refractivity contribution in [1.29, 1.82) is 0 Å². The molecule has 3 aromatic rings. The number of rotatable bonds is 12. The summed E-state index contributed by atoms with van der Waals surface area (Å²) in [4.78, 5) is 27.6. The fourth-order valence-corrected chi connectivity index (χ4v) is 6.77. The van der Waals surface area contributed by atoms with Crippen LogP contribution in [0.1, 0.15) is 72.1 Å². The number of aryl methyl sites for hydroxylation is 2. The maximum absolute atomic E-state index is 14.0. The van der Waals surface area contributed by atoms with E-state index in [-0.39, 0.29) is 11.8 Å². The number of amides is 2. The molecule has 1 aliphatic heterocycles. The lowest BCUT2D eigenvalue weighted by Gasteiger charge is -2.44. The van der Waals surface area contributed by atoms with Crippen molar-refractivity contribution in [2.45, 2.75) is 64.5 Å². The molecule has 3 aromatic carbocycles. The fourth-order valence-electron chi connectivity index (χ4n) is 6.49. The topological polar surface area (TPSA) is 90.9 Å². The van der Waals surface area contributed by atoms with Crippen LogP contribution in [0.4, 0.5) is 4.79 Å². The summed E-state index contributed by atoms with van der Waals surface area (Å²) >= 11 is 6.90. The van der Waals surface area contributed by atoms with Gasteiger partial charge in [-0.25, -0.2) is 4.79 Å². The smallest absolute Gasteiger partial charge is 0.406 e. The van der Waals surface area contributed by atoms with E-state index in [9.17, 15) is 14.7 Å². The van der Waals surface area contributed by atoms with Crippen LogP contribution in [0, 0.1) is 5.92 Å². The highest BCUT2D eigenvalue weighted by Gasteiger charge is 2.43. The molecule has 236 valence electrons. The highest BCUT2D eigenvalue weighted by Crippen LogP contribution is 2.46. The number of aliphatic hydroxyl groups is 1. The van der Waals surface area contributed by atoms with Gasteiger partial charge in [0.05, 0.1) is 12.7 Å². The Kier molecular flexibility index (Phi) is 11.8. The molecule has 2 unspecified atom stereocenters. The zero-order chi connectivity index (χ0) is 31.7. The van der Waals surface area contributed by atoms with Crippen LogP contribution in [0.25, 0.3) is 11.1 Å². The monoisotopic (exact) mass is 619 g/mol. The highest BCUT2D eigenvalue weighted by molar-refractivity contribution is 6.33. The molecule has 2 amide bonds. The number of ether oxygens (including phenoxy) is 1. The van der Waals surface area contributed by atoms with Gasteiger partial charge < -0.3 is 25.4 Å². The summed E-state index contributed by atoms with van der Waals surface area (Å²) < 4.78 is 4.74. The Bertz CT molecular complexity index is 1440.